The van der Waals surface area contributed by atoms with Crippen LogP contribution in [0.4, 0.5) is 0 Å². The van der Waals surface area contributed by atoms with E-state index in [0.29, 0.717) is 11.7 Å². The molecule has 0 aliphatic heterocycles. The van der Waals surface area contributed by atoms with Crippen molar-refractivity contribution in [3.05, 3.63) is 29.8 Å². The molecule has 1 aliphatic rings. The Morgan fingerprint density at radius 2 is 2.14 bits per heavy atom. The molecule has 1 amide bonds. The highest BCUT2D eigenvalue weighted by molar-refractivity contribution is 5.78. The lowest BCUT2D eigenvalue weighted by atomic mass is 9.77. The Morgan fingerprint density at radius 1 is 1.43 bits per heavy atom. The first-order valence-corrected chi connectivity index (χ1v) is 7.64. The third-order valence-corrected chi connectivity index (χ3v) is 4.30. The molecule has 4 nitrogen and oxygen atoms in total. The summed E-state index contributed by atoms with van der Waals surface area (Å²) >= 11 is 0. The molecule has 4 heteroatoms. The minimum atomic E-state index is -0.459. The fourth-order valence-electron chi connectivity index (χ4n) is 2.82. The van der Waals surface area contributed by atoms with Crippen molar-refractivity contribution in [1.82, 2.24) is 5.32 Å². The predicted octanol–water partition coefficient (Wildman–Crippen LogP) is 2.43. The van der Waals surface area contributed by atoms with Gasteiger partial charge in [0.05, 0.1) is 12.1 Å². The number of aliphatic hydroxyl groups excluding tert-OH is 1. The Kier molecular flexibility index (Phi) is 5.23. The lowest BCUT2D eigenvalue weighted by Crippen LogP contribution is -2.54. The van der Waals surface area contributed by atoms with Crippen molar-refractivity contribution in [2.24, 2.45) is 5.92 Å². The summed E-state index contributed by atoms with van der Waals surface area (Å²) < 4.78 is 5.51. The van der Waals surface area contributed by atoms with Crippen molar-refractivity contribution in [3.63, 3.8) is 0 Å². The molecule has 1 aliphatic carbocycles. The maximum atomic E-state index is 12.1. The van der Waals surface area contributed by atoms with Gasteiger partial charge in [0.15, 0.2) is 6.61 Å². The molecule has 0 radical (unpaired) electrons. The van der Waals surface area contributed by atoms with Crippen LogP contribution in [0.15, 0.2) is 24.3 Å². The van der Waals surface area contributed by atoms with Crippen LogP contribution in [-0.2, 0) is 4.79 Å². The van der Waals surface area contributed by atoms with Crippen molar-refractivity contribution in [1.29, 1.82) is 0 Å². The van der Waals surface area contributed by atoms with E-state index in [-0.39, 0.29) is 19.1 Å². The van der Waals surface area contributed by atoms with Gasteiger partial charge in [0.2, 0.25) is 0 Å². The molecule has 0 aromatic heterocycles. The van der Waals surface area contributed by atoms with Gasteiger partial charge in [0.25, 0.3) is 5.91 Å². The summed E-state index contributed by atoms with van der Waals surface area (Å²) in [5, 5.41) is 12.6. The van der Waals surface area contributed by atoms with Gasteiger partial charge in [-0.05, 0) is 56.2 Å². The molecule has 1 fully saturated rings. The van der Waals surface area contributed by atoms with Crippen LogP contribution < -0.4 is 10.1 Å². The molecule has 1 aromatic rings. The molecule has 116 valence electrons. The van der Waals surface area contributed by atoms with Crippen molar-refractivity contribution in [2.75, 3.05) is 13.2 Å². The Morgan fingerprint density at radius 3 is 2.76 bits per heavy atom. The summed E-state index contributed by atoms with van der Waals surface area (Å²) in [6, 6.07) is 7.62. The average Bonchev–Trinajstić information content (AvgIpc) is 2.48. The third-order valence-electron chi connectivity index (χ3n) is 4.30. The standard InChI is InChI=1S/C17H25NO3/c1-13-6-8-17(12-19,9-7-13)18-16(20)11-21-15-5-3-4-14(2)10-15/h3-5,10,13,19H,6-9,11-12H2,1-2H3,(H,18,20). The molecule has 0 saturated heterocycles. The van der Waals surface area contributed by atoms with Gasteiger partial charge in [0.1, 0.15) is 5.75 Å². The molecular formula is C17H25NO3. The molecule has 2 N–H and O–H groups in total. The highest BCUT2D eigenvalue weighted by atomic mass is 16.5. The van der Waals surface area contributed by atoms with Gasteiger partial charge in [-0.3, -0.25) is 4.79 Å². The molecule has 1 saturated carbocycles. The first-order valence-electron chi connectivity index (χ1n) is 7.64. The number of rotatable bonds is 5. The second-order valence-electron chi connectivity index (χ2n) is 6.27. The van der Waals surface area contributed by atoms with E-state index in [1.807, 2.05) is 31.2 Å². The van der Waals surface area contributed by atoms with E-state index in [0.717, 1.165) is 31.2 Å². The van der Waals surface area contributed by atoms with E-state index >= 15 is 0 Å². The number of carbonyl (C=O) groups excluding carboxylic acids is 1. The summed E-state index contributed by atoms with van der Waals surface area (Å²) in [4.78, 5) is 12.1. The zero-order valence-electron chi connectivity index (χ0n) is 12.9. The average molecular weight is 291 g/mol. The molecular weight excluding hydrogens is 266 g/mol. The lowest BCUT2D eigenvalue weighted by Gasteiger charge is -2.38. The zero-order valence-corrected chi connectivity index (χ0v) is 12.9. The monoisotopic (exact) mass is 291 g/mol. The molecule has 2 rings (SSSR count). The SMILES string of the molecule is Cc1cccc(OCC(=O)NC2(CO)CCC(C)CC2)c1. The van der Waals surface area contributed by atoms with E-state index in [2.05, 4.69) is 12.2 Å². The summed E-state index contributed by atoms with van der Waals surface area (Å²) in [6.07, 6.45) is 3.75. The second-order valence-corrected chi connectivity index (χ2v) is 6.27. The van der Waals surface area contributed by atoms with Crippen LogP contribution in [0.3, 0.4) is 0 Å². The van der Waals surface area contributed by atoms with Crippen LogP contribution in [0.25, 0.3) is 0 Å². The first-order chi connectivity index (χ1) is 10.0. The number of aryl methyl sites for hydroxylation is 1. The van der Waals surface area contributed by atoms with Gasteiger partial charge in [-0.15, -0.1) is 0 Å². The molecule has 0 atom stereocenters. The van der Waals surface area contributed by atoms with E-state index in [1.54, 1.807) is 0 Å². The van der Waals surface area contributed by atoms with Crippen molar-refractivity contribution in [2.45, 2.75) is 45.1 Å². The first kappa shape index (κ1) is 15.8. The summed E-state index contributed by atoms with van der Waals surface area (Å²) in [5.41, 5.74) is 0.639. The Bertz CT molecular complexity index is 479. The fourth-order valence-corrected chi connectivity index (χ4v) is 2.82. The van der Waals surface area contributed by atoms with Gasteiger partial charge < -0.3 is 15.2 Å². The topological polar surface area (TPSA) is 58.6 Å². The maximum Gasteiger partial charge on any atom is 0.258 e. The molecule has 21 heavy (non-hydrogen) atoms. The van der Waals surface area contributed by atoms with Gasteiger partial charge in [0, 0.05) is 0 Å². The number of amides is 1. The third kappa shape index (κ3) is 4.46. The van der Waals surface area contributed by atoms with Crippen molar-refractivity contribution in [3.8, 4) is 5.75 Å². The van der Waals surface area contributed by atoms with Crippen LogP contribution in [0, 0.1) is 12.8 Å². The van der Waals surface area contributed by atoms with Crippen LogP contribution in [-0.4, -0.2) is 29.8 Å². The predicted molar refractivity (Wildman–Crippen MR) is 82.3 cm³/mol. The highest BCUT2D eigenvalue weighted by Gasteiger charge is 2.34. The van der Waals surface area contributed by atoms with E-state index in [9.17, 15) is 9.90 Å². The van der Waals surface area contributed by atoms with Gasteiger partial charge in [-0.25, -0.2) is 0 Å². The van der Waals surface area contributed by atoms with Crippen LogP contribution in [0.5, 0.6) is 5.75 Å². The lowest BCUT2D eigenvalue weighted by molar-refractivity contribution is -0.126. The minimum absolute atomic E-state index is 0.00406. The Balaban J connectivity index is 1.86. The Labute approximate surface area is 126 Å². The maximum absolute atomic E-state index is 12.1. The van der Waals surface area contributed by atoms with Gasteiger partial charge in [-0.2, -0.15) is 0 Å². The number of aliphatic hydroxyl groups is 1. The molecule has 0 spiro atoms. The van der Waals surface area contributed by atoms with Crippen LogP contribution in [0.2, 0.25) is 0 Å². The smallest absolute Gasteiger partial charge is 0.258 e. The second kappa shape index (κ2) is 6.94. The molecule has 0 heterocycles. The van der Waals surface area contributed by atoms with E-state index in [4.69, 9.17) is 4.74 Å². The fraction of sp³-hybridized carbons (Fsp3) is 0.588. The van der Waals surface area contributed by atoms with Crippen molar-refractivity contribution < 1.29 is 14.6 Å². The van der Waals surface area contributed by atoms with Gasteiger partial charge in [-0.1, -0.05) is 19.1 Å². The number of hydrogen-bond donors (Lipinski definition) is 2. The normalized spacial score (nSPS) is 25.4. The van der Waals surface area contributed by atoms with Gasteiger partial charge >= 0.3 is 0 Å². The molecule has 0 bridgehead atoms. The van der Waals surface area contributed by atoms with Crippen LogP contribution in [0.1, 0.15) is 38.2 Å². The summed E-state index contributed by atoms with van der Waals surface area (Å²) in [5.74, 6) is 1.20. The number of carbonyl (C=O) groups is 1. The van der Waals surface area contributed by atoms with E-state index < -0.39 is 5.54 Å². The molecule has 0 unspecified atom stereocenters. The molecule has 1 aromatic carbocycles. The summed E-state index contributed by atoms with van der Waals surface area (Å²) in [7, 11) is 0. The van der Waals surface area contributed by atoms with E-state index in [1.165, 1.54) is 0 Å². The largest absolute Gasteiger partial charge is 0.484 e. The Hall–Kier alpha value is -1.55. The number of benzene rings is 1. The van der Waals surface area contributed by atoms with Crippen LogP contribution >= 0.6 is 0 Å². The zero-order chi connectivity index (χ0) is 15.3. The van der Waals surface area contributed by atoms with Crippen molar-refractivity contribution >= 4 is 5.91 Å². The highest BCUT2D eigenvalue weighted by Crippen LogP contribution is 2.31. The number of nitrogens with one attached hydrogen (secondary N) is 1. The minimum Gasteiger partial charge on any atom is -0.484 e. The number of hydrogen-bond acceptors (Lipinski definition) is 3. The number of ether oxygens (including phenoxy) is 1. The summed E-state index contributed by atoms with van der Waals surface area (Å²) in [6.45, 7) is 4.18. The quantitative estimate of drug-likeness (QED) is 0.876.